The second-order valence-corrected chi connectivity index (χ2v) is 5.86. The minimum Gasteiger partial charge on any atom is -0.457 e. The van der Waals surface area contributed by atoms with E-state index in [1.165, 1.54) is 6.07 Å². The van der Waals surface area contributed by atoms with Gasteiger partial charge in [-0.05, 0) is 33.7 Å². The van der Waals surface area contributed by atoms with Gasteiger partial charge in [-0.25, -0.2) is 9.18 Å². The van der Waals surface area contributed by atoms with E-state index in [1.807, 2.05) is 48.5 Å². The molecule has 0 spiro atoms. The maximum absolute atomic E-state index is 13.8. The fraction of sp³-hybridized carbons (Fsp3) is 0.0455. The maximum atomic E-state index is 13.8. The molecular weight excluding hydrogens is 315 g/mol. The molecule has 0 saturated heterocycles. The van der Waals surface area contributed by atoms with Gasteiger partial charge in [0.1, 0.15) is 12.4 Å². The van der Waals surface area contributed by atoms with Gasteiger partial charge in [-0.1, -0.05) is 66.7 Å². The largest absolute Gasteiger partial charge is 0.457 e. The first-order chi connectivity index (χ1) is 12.2. The molecule has 0 aliphatic heterocycles. The molecule has 0 aromatic heterocycles. The summed E-state index contributed by atoms with van der Waals surface area (Å²) in [5, 5.41) is 3.61. The van der Waals surface area contributed by atoms with Crippen LogP contribution in [0, 0.1) is 5.82 Å². The SMILES string of the molecule is O=C(OCc1ccccc1F)c1c2ccccc2cc2ccccc12. The van der Waals surface area contributed by atoms with E-state index in [-0.39, 0.29) is 12.4 Å². The van der Waals surface area contributed by atoms with Crippen LogP contribution in [0.15, 0.2) is 78.9 Å². The minimum atomic E-state index is -0.448. The first kappa shape index (κ1) is 15.3. The first-order valence-corrected chi connectivity index (χ1v) is 8.05. The third-order valence-electron chi connectivity index (χ3n) is 4.29. The molecule has 0 atom stereocenters. The Morgan fingerprint density at radius 2 is 1.36 bits per heavy atom. The van der Waals surface area contributed by atoms with Gasteiger partial charge in [0, 0.05) is 5.56 Å². The van der Waals surface area contributed by atoms with Crippen molar-refractivity contribution in [1.29, 1.82) is 0 Å². The van der Waals surface area contributed by atoms with Gasteiger partial charge in [0.05, 0.1) is 5.56 Å². The number of carbonyl (C=O) groups excluding carboxylic acids is 1. The Bertz CT molecular complexity index is 1030. The molecule has 0 amide bonds. The number of hydrogen-bond donors (Lipinski definition) is 0. The van der Waals surface area contributed by atoms with Crippen molar-refractivity contribution in [1.82, 2.24) is 0 Å². The molecule has 0 saturated carbocycles. The first-order valence-electron chi connectivity index (χ1n) is 8.05. The van der Waals surface area contributed by atoms with Gasteiger partial charge in [-0.3, -0.25) is 0 Å². The van der Waals surface area contributed by atoms with Crippen LogP contribution in [0.25, 0.3) is 21.5 Å². The second kappa shape index (κ2) is 6.36. The molecule has 0 bridgehead atoms. The van der Waals surface area contributed by atoms with Crippen molar-refractivity contribution in [2.75, 3.05) is 0 Å². The fourth-order valence-electron chi connectivity index (χ4n) is 3.06. The summed E-state index contributed by atoms with van der Waals surface area (Å²) in [4.78, 5) is 12.8. The molecule has 4 aromatic carbocycles. The van der Waals surface area contributed by atoms with Gasteiger partial charge in [0.25, 0.3) is 0 Å². The van der Waals surface area contributed by atoms with E-state index in [0.29, 0.717) is 11.1 Å². The second-order valence-electron chi connectivity index (χ2n) is 5.86. The van der Waals surface area contributed by atoms with Crippen molar-refractivity contribution in [3.8, 4) is 0 Å². The van der Waals surface area contributed by atoms with Crippen LogP contribution in [0.5, 0.6) is 0 Å². The Hall–Kier alpha value is -3.20. The molecule has 122 valence electrons. The van der Waals surface area contributed by atoms with Crippen LogP contribution >= 0.6 is 0 Å². The van der Waals surface area contributed by atoms with Crippen molar-refractivity contribution < 1.29 is 13.9 Å². The van der Waals surface area contributed by atoms with E-state index in [1.54, 1.807) is 18.2 Å². The summed E-state index contributed by atoms with van der Waals surface area (Å²) < 4.78 is 19.2. The van der Waals surface area contributed by atoms with Gasteiger partial charge in [-0.15, -0.1) is 0 Å². The molecular formula is C22H15FO2. The standard InChI is InChI=1S/C22H15FO2/c23-20-12-6-3-9-17(20)14-25-22(24)21-18-10-4-1-7-15(18)13-16-8-2-5-11-19(16)21/h1-13H,14H2. The van der Waals surface area contributed by atoms with Gasteiger partial charge < -0.3 is 4.74 Å². The highest BCUT2D eigenvalue weighted by Gasteiger charge is 2.16. The van der Waals surface area contributed by atoms with Crippen LogP contribution in [-0.2, 0) is 11.3 Å². The summed E-state index contributed by atoms with van der Waals surface area (Å²) in [5.74, 6) is -0.825. The van der Waals surface area contributed by atoms with Gasteiger partial charge in [0.15, 0.2) is 0 Å². The summed E-state index contributed by atoms with van der Waals surface area (Å²) >= 11 is 0. The Morgan fingerprint density at radius 3 is 2.00 bits per heavy atom. The molecule has 25 heavy (non-hydrogen) atoms. The van der Waals surface area contributed by atoms with Gasteiger partial charge in [-0.2, -0.15) is 0 Å². The summed E-state index contributed by atoms with van der Waals surface area (Å²) in [6.07, 6.45) is 0. The van der Waals surface area contributed by atoms with Gasteiger partial charge in [0.2, 0.25) is 0 Å². The number of carbonyl (C=O) groups is 1. The molecule has 0 aliphatic rings. The third-order valence-corrected chi connectivity index (χ3v) is 4.29. The molecule has 0 aliphatic carbocycles. The van der Waals surface area contributed by atoms with Crippen molar-refractivity contribution in [2.24, 2.45) is 0 Å². The lowest BCUT2D eigenvalue weighted by atomic mass is 9.97. The maximum Gasteiger partial charge on any atom is 0.339 e. The molecule has 0 N–H and O–H groups in total. The fourth-order valence-corrected chi connectivity index (χ4v) is 3.06. The van der Waals surface area contributed by atoms with Crippen molar-refractivity contribution in [3.05, 3.63) is 95.8 Å². The Labute approximate surface area is 144 Å². The monoisotopic (exact) mass is 330 g/mol. The molecule has 4 rings (SSSR count). The highest BCUT2D eigenvalue weighted by atomic mass is 19.1. The molecule has 2 nitrogen and oxygen atoms in total. The molecule has 4 aromatic rings. The molecule has 0 radical (unpaired) electrons. The number of hydrogen-bond acceptors (Lipinski definition) is 2. The summed E-state index contributed by atoms with van der Waals surface area (Å²) in [6, 6.07) is 23.8. The zero-order chi connectivity index (χ0) is 17.2. The average molecular weight is 330 g/mol. The molecule has 0 heterocycles. The lowest BCUT2D eigenvalue weighted by molar-refractivity contribution is 0.0473. The van der Waals surface area contributed by atoms with Gasteiger partial charge >= 0.3 is 5.97 Å². The van der Waals surface area contributed by atoms with Crippen molar-refractivity contribution in [3.63, 3.8) is 0 Å². The van der Waals surface area contributed by atoms with Crippen LogP contribution in [-0.4, -0.2) is 5.97 Å². The third kappa shape index (κ3) is 2.85. The van der Waals surface area contributed by atoms with E-state index in [4.69, 9.17) is 4.74 Å². The number of ether oxygens (including phenoxy) is 1. The zero-order valence-electron chi connectivity index (χ0n) is 13.4. The van der Waals surface area contributed by atoms with Crippen LogP contribution in [0.3, 0.4) is 0 Å². The average Bonchev–Trinajstić information content (AvgIpc) is 2.65. The topological polar surface area (TPSA) is 26.3 Å². The number of esters is 1. The van der Waals surface area contributed by atoms with E-state index >= 15 is 0 Å². The molecule has 3 heteroatoms. The van der Waals surface area contributed by atoms with E-state index < -0.39 is 5.97 Å². The van der Waals surface area contributed by atoms with E-state index in [0.717, 1.165) is 21.5 Å². The van der Waals surface area contributed by atoms with Crippen LogP contribution in [0.4, 0.5) is 4.39 Å². The summed E-state index contributed by atoms with van der Waals surface area (Å²) in [5.41, 5.74) is 0.880. The molecule has 0 fully saturated rings. The van der Waals surface area contributed by atoms with Crippen LogP contribution in [0.1, 0.15) is 15.9 Å². The number of rotatable bonds is 3. The summed E-state index contributed by atoms with van der Waals surface area (Å²) in [7, 11) is 0. The van der Waals surface area contributed by atoms with Crippen molar-refractivity contribution >= 4 is 27.5 Å². The van der Waals surface area contributed by atoms with Crippen LogP contribution in [0.2, 0.25) is 0 Å². The van der Waals surface area contributed by atoms with E-state index in [2.05, 4.69) is 6.07 Å². The van der Waals surface area contributed by atoms with E-state index in [9.17, 15) is 9.18 Å². The zero-order valence-corrected chi connectivity index (χ0v) is 13.4. The number of benzene rings is 4. The normalized spacial score (nSPS) is 10.9. The Kier molecular flexibility index (Phi) is 3.90. The van der Waals surface area contributed by atoms with Crippen LogP contribution < -0.4 is 0 Å². The van der Waals surface area contributed by atoms with Crippen molar-refractivity contribution in [2.45, 2.75) is 6.61 Å². The number of fused-ring (bicyclic) bond motifs is 2. The summed E-state index contributed by atoms with van der Waals surface area (Å²) in [6.45, 7) is -0.0942. The Balaban J connectivity index is 1.78. The quantitative estimate of drug-likeness (QED) is 0.367. The predicted molar refractivity (Wildman–Crippen MR) is 97.0 cm³/mol. The Morgan fingerprint density at radius 1 is 0.800 bits per heavy atom. The highest BCUT2D eigenvalue weighted by Crippen LogP contribution is 2.29. The lowest BCUT2D eigenvalue weighted by Crippen LogP contribution is -2.07. The smallest absolute Gasteiger partial charge is 0.339 e. The predicted octanol–water partition coefficient (Wildman–Crippen LogP) is 5.49. The number of halogens is 1. The molecule has 0 unspecified atom stereocenters. The minimum absolute atomic E-state index is 0.0942. The highest BCUT2D eigenvalue weighted by molar-refractivity contribution is 6.16. The lowest BCUT2D eigenvalue weighted by Gasteiger charge is -2.11.